The van der Waals surface area contributed by atoms with Gasteiger partial charge >= 0.3 is 7.12 Å². The first kappa shape index (κ1) is 12.7. The van der Waals surface area contributed by atoms with E-state index in [0.717, 1.165) is 12.8 Å². The molecular weight excluding hydrogens is 205 g/mol. The zero-order valence-corrected chi connectivity index (χ0v) is 9.31. The molecule has 16 heavy (non-hydrogen) atoms. The number of benzene rings is 1. The van der Waals surface area contributed by atoms with E-state index in [1.54, 1.807) is 24.3 Å². The molecule has 0 bridgehead atoms. The number of amides is 1. The average Bonchev–Trinajstić information content (AvgIpc) is 2.27. The van der Waals surface area contributed by atoms with E-state index in [2.05, 4.69) is 5.32 Å². The highest BCUT2D eigenvalue weighted by atomic mass is 16.4. The molecule has 0 atom stereocenters. The Labute approximate surface area is 95.4 Å². The third-order valence-corrected chi connectivity index (χ3v) is 2.25. The fourth-order valence-corrected chi connectivity index (χ4v) is 1.30. The molecule has 0 aliphatic heterocycles. The van der Waals surface area contributed by atoms with Crippen LogP contribution >= 0.6 is 0 Å². The molecule has 0 fully saturated rings. The normalized spacial score (nSPS) is 9.94. The van der Waals surface area contributed by atoms with Crippen LogP contribution in [0.25, 0.3) is 0 Å². The molecule has 0 saturated heterocycles. The van der Waals surface area contributed by atoms with Gasteiger partial charge in [-0.15, -0.1) is 0 Å². The Morgan fingerprint density at radius 2 is 1.94 bits per heavy atom. The topological polar surface area (TPSA) is 69.6 Å². The first-order valence-electron chi connectivity index (χ1n) is 5.39. The SMILES string of the molecule is CCCCC(=O)Nc1ccc(B(O)O)cc1. The van der Waals surface area contributed by atoms with E-state index < -0.39 is 7.12 Å². The molecule has 0 aliphatic rings. The molecule has 1 rings (SSSR count). The van der Waals surface area contributed by atoms with Gasteiger partial charge in [0.2, 0.25) is 5.91 Å². The van der Waals surface area contributed by atoms with E-state index in [-0.39, 0.29) is 5.91 Å². The van der Waals surface area contributed by atoms with Crippen molar-refractivity contribution in [2.24, 2.45) is 0 Å². The Bertz CT molecular complexity index is 338. The van der Waals surface area contributed by atoms with Gasteiger partial charge < -0.3 is 15.4 Å². The van der Waals surface area contributed by atoms with Crippen molar-refractivity contribution in [1.82, 2.24) is 0 Å². The van der Waals surface area contributed by atoms with Crippen molar-refractivity contribution >= 4 is 24.2 Å². The Morgan fingerprint density at radius 3 is 2.44 bits per heavy atom. The lowest BCUT2D eigenvalue weighted by Gasteiger charge is -2.05. The molecule has 4 nitrogen and oxygen atoms in total. The molecule has 3 N–H and O–H groups in total. The largest absolute Gasteiger partial charge is 0.488 e. The van der Waals surface area contributed by atoms with Crippen molar-refractivity contribution in [3.8, 4) is 0 Å². The van der Waals surface area contributed by atoms with Gasteiger partial charge in [0, 0.05) is 12.1 Å². The predicted octanol–water partition coefficient (Wildman–Crippen LogP) is 0.495. The summed E-state index contributed by atoms with van der Waals surface area (Å²) in [6.45, 7) is 2.03. The molecule has 1 amide bonds. The van der Waals surface area contributed by atoms with E-state index in [1.807, 2.05) is 6.92 Å². The van der Waals surface area contributed by atoms with Crippen molar-refractivity contribution in [3.63, 3.8) is 0 Å². The van der Waals surface area contributed by atoms with Gasteiger partial charge in [0.25, 0.3) is 0 Å². The molecule has 0 saturated carbocycles. The quantitative estimate of drug-likeness (QED) is 0.634. The van der Waals surface area contributed by atoms with Crippen LogP contribution in [0.5, 0.6) is 0 Å². The van der Waals surface area contributed by atoms with Crippen LogP contribution in [-0.2, 0) is 4.79 Å². The maximum Gasteiger partial charge on any atom is 0.488 e. The minimum atomic E-state index is -1.47. The van der Waals surface area contributed by atoms with Crippen LogP contribution in [0.4, 0.5) is 5.69 Å². The van der Waals surface area contributed by atoms with Gasteiger partial charge in [0.05, 0.1) is 0 Å². The van der Waals surface area contributed by atoms with Crippen LogP contribution in [0.3, 0.4) is 0 Å². The number of carbonyl (C=O) groups excluding carboxylic acids is 1. The minimum Gasteiger partial charge on any atom is -0.423 e. The lowest BCUT2D eigenvalue weighted by molar-refractivity contribution is -0.116. The third kappa shape index (κ3) is 4.04. The second-order valence-corrected chi connectivity index (χ2v) is 3.65. The van der Waals surface area contributed by atoms with E-state index in [4.69, 9.17) is 10.0 Å². The highest BCUT2D eigenvalue weighted by Gasteiger charge is 2.10. The summed E-state index contributed by atoms with van der Waals surface area (Å²) >= 11 is 0. The van der Waals surface area contributed by atoms with E-state index in [1.165, 1.54) is 0 Å². The summed E-state index contributed by atoms with van der Waals surface area (Å²) in [7, 11) is -1.47. The molecule has 5 heteroatoms. The molecule has 86 valence electrons. The average molecular weight is 221 g/mol. The van der Waals surface area contributed by atoms with Crippen LogP contribution in [0.15, 0.2) is 24.3 Å². The van der Waals surface area contributed by atoms with Gasteiger partial charge in [-0.25, -0.2) is 0 Å². The number of nitrogens with one attached hydrogen (secondary N) is 1. The van der Waals surface area contributed by atoms with Crippen molar-refractivity contribution in [2.75, 3.05) is 5.32 Å². The summed E-state index contributed by atoms with van der Waals surface area (Å²) < 4.78 is 0. The number of hydrogen-bond donors (Lipinski definition) is 3. The smallest absolute Gasteiger partial charge is 0.423 e. The Morgan fingerprint density at radius 1 is 1.31 bits per heavy atom. The van der Waals surface area contributed by atoms with Gasteiger partial charge in [-0.2, -0.15) is 0 Å². The highest BCUT2D eigenvalue weighted by molar-refractivity contribution is 6.58. The number of anilines is 1. The van der Waals surface area contributed by atoms with E-state index >= 15 is 0 Å². The Balaban J connectivity index is 2.51. The molecule has 1 aromatic rings. The highest BCUT2D eigenvalue weighted by Crippen LogP contribution is 2.06. The molecule has 0 aromatic heterocycles. The summed E-state index contributed by atoms with van der Waals surface area (Å²) in [6, 6.07) is 6.44. The number of hydrogen-bond acceptors (Lipinski definition) is 3. The lowest BCUT2D eigenvalue weighted by atomic mass is 9.80. The third-order valence-electron chi connectivity index (χ3n) is 2.25. The first-order chi connectivity index (χ1) is 7.63. The molecule has 1 aromatic carbocycles. The lowest BCUT2D eigenvalue weighted by Crippen LogP contribution is -2.29. The molecule has 0 aliphatic carbocycles. The summed E-state index contributed by atoms with van der Waals surface area (Å²) in [5.74, 6) is -0.0147. The van der Waals surface area contributed by atoms with Gasteiger partial charge in [0.15, 0.2) is 0 Å². The van der Waals surface area contributed by atoms with Crippen LogP contribution in [0.2, 0.25) is 0 Å². The van der Waals surface area contributed by atoms with Gasteiger partial charge in [-0.3, -0.25) is 4.79 Å². The summed E-state index contributed by atoms with van der Waals surface area (Å²) in [6.07, 6.45) is 2.38. The summed E-state index contributed by atoms with van der Waals surface area (Å²) in [4.78, 5) is 11.4. The van der Waals surface area contributed by atoms with E-state index in [0.29, 0.717) is 17.6 Å². The standard InChI is InChI=1S/C11H16BNO3/c1-2-3-4-11(14)13-10-7-5-9(6-8-10)12(15)16/h5-8,15-16H,2-4H2,1H3,(H,13,14). The van der Waals surface area contributed by atoms with Crippen molar-refractivity contribution < 1.29 is 14.8 Å². The number of unbranched alkanes of at least 4 members (excludes halogenated alkanes) is 1. The second kappa shape index (κ2) is 6.30. The minimum absolute atomic E-state index is 0.0147. The zero-order chi connectivity index (χ0) is 12.0. The Hall–Kier alpha value is -1.33. The Kier molecular flexibility index (Phi) is 5.02. The fraction of sp³-hybridized carbons (Fsp3) is 0.364. The number of carbonyl (C=O) groups is 1. The maximum absolute atomic E-state index is 11.4. The van der Waals surface area contributed by atoms with Crippen molar-refractivity contribution in [2.45, 2.75) is 26.2 Å². The molecule has 0 spiro atoms. The maximum atomic E-state index is 11.4. The molecule has 0 heterocycles. The fourth-order valence-electron chi connectivity index (χ4n) is 1.30. The summed E-state index contributed by atoms with van der Waals surface area (Å²) in [5.41, 5.74) is 1.08. The monoisotopic (exact) mass is 221 g/mol. The van der Waals surface area contributed by atoms with E-state index in [9.17, 15) is 4.79 Å². The molecular formula is C11H16BNO3. The van der Waals surface area contributed by atoms with Crippen LogP contribution in [-0.4, -0.2) is 23.1 Å². The van der Waals surface area contributed by atoms with Crippen LogP contribution < -0.4 is 10.8 Å². The first-order valence-corrected chi connectivity index (χ1v) is 5.39. The van der Waals surface area contributed by atoms with Gasteiger partial charge in [0.1, 0.15) is 0 Å². The van der Waals surface area contributed by atoms with Crippen molar-refractivity contribution in [3.05, 3.63) is 24.3 Å². The van der Waals surface area contributed by atoms with Crippen LogP contribution in [0, 0.1) is 0 Å². The predicted molar refractivity (Wildman–Crippen MR) is 64.4 cm³/mol. The van der Waals surface area contributed by atoms with Gasteiger partial charge in [-0.05, 0) is 24.0 Å². The van der Waals surface area contributed by atoms with Crippen molar-refractivity contribution in [1.29, 1.82) is 0 Å². The zero-order valence-electron chi connectivity index (χ0n) is 9.31. The second-order valence-electron chi connectivity index (χ2n) is 3.65. The molecule has 0 unspecified atom stereocenters. The van der Waals surface area contributed by atoms with Gasteiger partial charge in [-0.1, -0.05) is 25.5 Å². The molecule has 0 radical (unpaired) electrons. The van der Waals surface area contributed by atoms with Crippen LogP contribution in [0.1, 0.15) is 26.2 Å². The summed E-state index contributed by atoms with van der Waals surface area (Å²) in [5, 5.41) is 20.5. The number of rotatable bonds is 5.